The van der Waals surface area contributed by atoms with E-state index in [4.69, 9.17) is 4.74 Å². The zero-order valence-electron chi connectivity index (χ0n) is 17.2. The van der Waals surface area contributed by atoms with Gasteiger partial charge in [0.25, 0.3) is 5.56 Å². The van der Waals surface area contributed by atoms with Crippen LogP contribution in [-0.4, -0.2) is 53.6 Å². The molecule has 0 N–H and O–H groups in total. The van der Waals surface area contributed by atoms with Crippen molar-refractivity contribution in [2.75, 3.05) is 38.2 Å². The van der Waals surface area contributed by atoms with Crippen molar-refractivity contribution in [2.24, 2.45) is 0 Å². The number of piperazine rings is 1. The highest BCUT2D eigenvalue weighted by Crippen LogP contribution is 2.26. The van der Waals surface area contributed by atoms with E-state index in [1.807, 2.05) is 18.2 Å². The maximum atomic E-state index is 13.1. The summed E-state index contributed by atoms with van der Waals surface area (Å²) in [6.07, 6.45) is 1.40. The third-order valence-corrected chi connectivity index (χ3v) is 5.39. The minimum atomic E-state index is -0.297. The summed E-state index contributed by atoms with van der Waals surface area (Å²) in [4.78, 5) is 33.5. The molecule has 1 fully saturated rings. The second-order valence-corrected chi connectivity index (χ2v) is 7.28. The van der Waals surface area contributed by atoms with E-state index >= 15 is 0 Å². The number of amides is 1. The predicted octanol–water partition coefficient (Wildman–Crippen LogP) is 2.41. The van der Waals surface area contributed by atoms with Gasteiger partial charge >= 0.3 is 0 Å². The van der Waals surface area contributed by atoms with Crippen molar-refractivity contribution in [1.29, 1.82) is 0 Å². The first-order valence-corrected chi connectivity index (χ1v) is 10.0. The van der Waals surface area contributed by atoms with Crippen LogP contribution < -0.4 is 15.2 Å². The van der Waals surface area contributed by atoms with Gasteiger partial charge in [-0.25, -0.2) is 9.37 Å². The quantitative estimate of drug-likeness (QED) is 0.632. The number of rotatable bonds is 5. The van der Waals surface area contributed by atoms with Crippen LogP contribution in [0.5, 0.6) is 5.75 Å². The van der Waals surface area contributed by atoms with Crippen molar-refractivity contribution in [2.45, 2.75) is 6.54 Å². The van der Waals surface area contributed by atoms with E-state index in [-0.39, 0.29) is 23.8 Å². The lowest BCUT2D eigenvalue weighted by Gasteiger charge is -2.36. The van der Waals surface area contributed by atoms with E-state index in [0.29, 0.717) is 37.6 Å². The first-order valence-electron chi connectivity index (χ1n) is 10.0. The van der Waals surface area contributed by atoms with Gasteiger partial charge in [-0.3, -0.25) is 14.2 Å². The Labute approximate surface area is 179 Å². The van der Waals surface area contributed by atoms with Crippen LogP contribution in [0.4, 0.5) is 10.1 Å². The van der Waals surface area contributed by atoms with Crippen LogP contribution in [0.3, 0.4) is 0 Å². The van der Waals surface area contributed by atoms with Crippen LogP contribution in [0.25, 0.3) is 11.3 Å². The summed E-state index contributed by atoms with van der Waals surface area (Å²) in [5.41, 5.74) is 1.85. The number of ether oxygens (including phenoxy) is 1. The predicted molar refractivity (Wildman–Crippen MR) is 116 cm³/mol. The molecule has 1 amide bonds. The highest BCUT2D eigenvalue weighted by molar-refractivity contribution is 5.76. The molecule has 0 bridgehead atoms. The molecule has 1 saturated heterocycles. The standard InChI is InChI=1S/C23H23FN4O3/c1-31-21-5-3-2-4-19(21)20-14-22(29)28(16-25-20)15-23(30)27-12-10-26(11-13-27)18-8-6-17(24)7-9-18/h2-9,14,16H,10-13,15H2,1H3. The molecule has 31 heavy (non-hydrogen) atoms. The Morgan fingerprint density at radius 3 is 2.45 bits per heavy atom. The van der Waals surface area contributed by atoms with Gasteiger partial charge in [0.2, 0.25) is 5.91 Å². The Bertz CT molecular complexity index is 1120. The van der Waals surface area contributed by atoms with Crippen LogP contribution in [0.2, 0.25) is 0 Å². The average Bonchev–Trinajstić information content (AvgIpc) is 2.81. The summed E-state index contributed by atoms with van der Waals surface area (Å²) in [7, 11) is 1.56. The summed E-state index contributed by atoms with van der Waals surface area (Å²) >= 11 is 0. The number of aromatic nitrogens is 2. The van der Waals surface area contributed by atoms with E-state index in [0.717, 1.165) is 11.3 Å². The maximum absolute atomic E-state index is 13.1. The van der Waals surface area contributed by atoms with Gasteiger partial charge in [0.05, 0.1) is 19.1 Å². The topological polar surface area (TPSA) is 67.7 Å². The van der Waals surface area contributed by atoms with Gasteiger partial charge in [0.1, 0.15) is 18.1 Å². The van der Waals surface area contributed by atoms with Gasteiger partial charge < -0.3 is 14.5 Å². The molecule has 0 spiro atoms. The number of benzene rings is 2. The highest BCUT2D eigenvalue weighted by atomic mass is 19.1. The molecule has 2 aromatic carbocycles. The second-order valence-electron chi connectivity index (χ2n) is 7.28. The van der Waals surface area contributed by atoms with Crippen LogP contribution in [0.15, 0.2) is 65.7 Å². The third-order valence-electron chi connectivity index (χ3n) is 5.39. The number of anilines is 1. The number of nitrogens with zero attached hydrogens (tertiary/aromatic N) is 4. The van der Waals surface area contributed by atoms with Crippen molar-refractivity contribution in [3.8, 4) is 17.0 Å². The lowest BCUT2D eigenvalue weighted by molar-refractivity contribution is -0.132. The summed E-state index contributed by atoms with van der Waals surface area (Å²) in [5.74, 6) is 0.225. The average molecular weight is 422 g/mol. The smallest absolute Gasteiger partial charge is 0.254 e. The first kappa shape index (κ1) is 20.6. The molecular formula is C23H23FN4O3. The van der Waals surface area contributed by atoms with Crippen LogP contribution in [0.1, 0.15) is 0 Å². The summed E-state index contributed by atoms with van der Waals surface area (Å²) in [5, 5.41) is 0. The van der Waals surface area contributed by atoms with Gasteiger partial charge in [-0.1, -0.05) is 12.1 Å². The van der Waals surface area contributed by atoms with Gasteiger partial charge in [0.15, 0.2) is 0 Å². The first-order chi connectivity index (χ1) is 15.0. The van der Waals surface area contributed by atoms with E-state index in [2.05, 4.69) is 9.88 Å². The Balaban J connectivity index is 1.40. The molecule has 1 aliphatic heterocycles. The molecule has 160 valence electrons. The fraction of sp³-hybridized carbons (Fsp3) is 0.261. The molecule has 3 aromatic rings. The van der Waals surface area contributed by atoms with Gasteiger partial charge in [-0.15, -0.1) is 0 Å². The summed E-state index contributed by atoms with van der Waals surface area (Å²) in [6.45, 7) is 2.32. The summed E-state index contributed by atoms with van der Waals surface area (Å²) < 4.78 is 19.8. The molecular weight excluding hydrogens is 399 g/mol. The van der Waals surface area contributed by atoms with E-state index in [9.17, 15) is 14.0 Å². The van der Waals surface area contributed by atoms with Crippen molar-refractivity contribution in [3.05, 3.63) is 77.1 Å². The van der Waals surface area contributed by atoms with E-state index in [1.54, 1.807) is 30.2 Å². The lowest BCUT2D eigenvalue weighted by atomic mass is 10.1. The second kappa shape index (κ2) is 8.99. The molecule has 0 radical (unpaired) electrons. The lowest BCUT2D eigenvalue weighted by Crippen LogP contribution is -2.50. The van der Waals surface area contributed by atoms with Crippen LogP contribution in [-0.2, 0) is 11.3 Å². The number of halogens is 1. The van der Waals surface area contributed by atoms with Crippen molar-refractivity contribution >= 4 is 11.6 Å². The SMILES string of the molecule is COc1ccccc1-c1cc(=O)n(CC(=O)N2CCN(c3ccc(F)cc3)CC2)cn1. The molecule has 1 aromatic heterocycles. The maximum Gasteiger partial charge on any atom is 0.254 e. The van der Waals surface area contributed by atoms with Crippen LogP contribution in [0, 0.1) is 5.82 Å². The van der Waals surface area contributed by atoms with Crippen molar-refractivity contribution in [3.63, 3.8) is 0 Å². The number of para-hydroxylation sites is 1. The van der Waals surface area contributed by atoms with Crippen molar-refractivity contribution in [1.82, 2.24) is 14.5 Å². The van der Waals surface area contributed by atoms with Gasteiger partial charge in [-0.2, -0.15) is 0 Å². The molecule has 0 aliphatic carbocycles. The Morgan fingerprint density at radius 2 is 1.77 bits per heavy atom. The molecule has 4 rings (SSSR count). The molecule has 0 atom stereocenters. The number of hydrogen-bond acceptors (Lipinski definition) is 5. The number of carbonyl (C=O) groups is 1. The van der Waals surface area contributed by atoms with Gasteiger partial charge in [-0.05, 0) is 36.4 Å². The number of carbonyl (C=O) groups excluding carboxylic acids is 1. The Kier molecular flexibility index (Phi) is 5.97. The van der Waals surface area contributed by atoms with Crippen LogP contribution >= 0.6 is 0 Å². The third kappa shape index (κ3) is 4.58. The normalized spacial score (nSPS) is 13.9. The fourth-order valence-corrected chi connectivity index (χ4v) is 3.66. The minimum Gasteiger partial charge on any atom is -0.496 e. The van der Waals surface area contributed by atoms with E-state index in [1.165, 1.54) is 29.1 Å². The molecule has 7 nitrogen and oxygen atoms in total. The monoisotopic (exact) mass is 422 g/mol. The molecule has 0 unspecified atom stereocenters. The Hall–Kier alpha value is -3.68. The zero-order chi connectivity index (χ0) is 21.8. The summed E-state index contributed by atoms with van der Waals surface area (Å²) in [6, 6.07) is 15.1. The molecule has 1 aliphatic rings. The number of methoxy groups -OCH3 is 1. The molecule has 0 saturated carbocycles. The Morgan fingerprint density at radius 1 is 1.06 bits per heavy atom. The number of hydrogen-bond donors (Lipinski definition) is 0. The van der Waals surface area contributed by atoms with E-state index < -0.39 is 0 Å². The fourth-order valence-electron chi connectivity index (χ4n) is 3.66. The zero-order valence-corrected chi connectivity index (χ0v) is 17.2. The molecule has 2 heterocycles. The highest BCUT2D eigenvalue weighted by Gasteiger charge is 2.22. The minimum absolute atomic E-state index is 0.0609. The van der Waals surface area contributed by atoms with Gasteiger partial charge in [0, 0.05) is 43.5 Å². The molecule has 8 heteroatoms. The largest absolute Gasteiger partial charge is 0.496 e. The van der Waals surface area contributed by atoms with Crippen molar-refractivity contribution < 1.29 is 13.9 Å².